The van der Waals surface area contributed by atoms with E-state index in [1.807, 2.05) is 9.80 Å². The Bertz CT molecular complexity index is 604. The lowest BCUT2D eigenvalue weighted by Gasteiger charge is -2.36. The van der Waals surface area contributed by atoms with Gasteiger partial charge >= 0.3 is 12.0 Å². The van der Waals surface area contributed by atoms with E-state index in [4.69, 9.17) is 0 Å². The number of amides is 3. The molecule has 1 N–H and O–H groups in total. The Hall–Kier alpha value is -1.79. The molecule has 0 aromatic heterocycles. The predicted molar refractivity (Wildman–Crippen MR) is 94.5 cm³/mol. The molecule has 3 atom stereocenters. The minimum atomic E-state index is -0.746. The van der Waals surface area contributed by atoms with Gasteiger partial charge in [-0.1, -0.05) is 6.42 Å². The lowest BCUT2D eigenvalue weighted by molar-refractivity contribution is -0.149. The number of hydrogen-bond acceptors (Lipinski definition) is 3. The van der Waals surface area contributed by atoms with Crippen molar-refractivity contribution in [1.29, 1.82) is 0 Å². The highest BCUT2D eigenvalue weighted by Gasteiger charge is 2.56. The van der Waals surface area contributed by atoms with Gasteiger partial charge in [-0.05, 0) is 44.4 Å². The van der Waals surface area contributed by atoms with Crippen LogP contribution < -0.4 is 0 Å². The number of hydrogen-bond donors (Lipinski definition) is 1. The summed E-state index contributed by atoms with van der Waals surface area (Å²) in [4.78, 5) is 43.1. The molecular formula is C19H29N3O4. The Kier molecular flexibility index (Phi) is 4.57. The molecule has 4 fully saturated rings. The van der Waals surface area contributed by atoms with Crippen LogP contribution in [0.15, 0.2) is 0 Å². The fourth-order valence-corrected chi connectivity index (χ4v) is 5.53. The van der Waals surface area contributed by atoms with Gasteiger partial charge in [-0.2, -0.15) is 0 Å². The average molecular weight is 363 g/mol. The number of rotatable bonds is 2. The highest BCUT2D eigenvalue weighted by atomic mass is 16.4. The Labute approximate surface area is 154 Å². The summed E-state index contributed by atoms with van der Waals surface area (Å²) in [5.41, 5.74) is -0.727. The Morgan fingerprint density at radius 3 is 2.27 bits per heavy atom. The third-order valence-electron chi connectivity index (χ3n) is 7.03. The normalized spacial score (nSPS) is 34.2. The molecule has 7 heteroatoms. The van der Waals surface area contributed by atoms with E-state index in [1.54, 1.807) is 4.90 Å². The number of likely N-dealkylation sites (tertiary alicyclic amines) is 3. The second kappa shape index (κ2) is 6.74. The summed E-state index contributed by atoms with van der Waals surface area (Å²) in [5, 5.41) is 9.72. The van der Waals surface area contributed by atoms with Crippen LogP contribution in [0.2, 0.25) is 0 Å². The number of carboxylic acids is 1. The second-order valence-electron chi connectivity index (χ2n) is 8.53. The topological polar surface area (TPSA) is 81.2 Å². The monoisotopic (exact) mass is 363 g/mol. The highest BCUT2D eigenvalue weighted by molar-refractivity contribution is 5.84. The molecule has 1 unspecified atom stereocenters. The number of nitrogens with zero attached hydrogens (tertiary/aromatic N) is 3. The van der Waals surface area contributed by atoms with Crippen LogP contribution in [0.5, 0.6) is 0 Å². The molecule has 144 valence electrons. The van der Waals surface area contributed by atoms with Gasteiger partial charge in [-0.25, -0.2) is 4.79 Å². The fraction of sp³-hybridized carbons (Fsp3) is 0.842. The lowest BCUT2D eigenvalue weighted by atomic mass is 9.81. The maximum Gasteiger partial charge on any atom is 0.320 e. The van der Waals surface area contributed by atoms with Gasteiger partial charge in [-0.15, -0.1) is 0 Å². The number of aliphatic carboxylic acids is 1. The van der Waals surface area contributed by atoms with E-state index in [0.29, 0.717) is 26.1 Å². The smallest absolute Gasteiger partial charge is 0.320 e. The summed E-state index contributed by atoms with van der Waals surface area (Å²) >= 11 is 0. The fourth-order valence-electron chi connectivity index (χ4n) is 5.53. The first kappa shape index (κ1) is 17.6. The van der Waals surface area contributed by atoms with Gasteiger partial charge in [-0.3, -0.25) is 9.59 Å². The predicted octanol–water partition coefficient (Wildman–Crippen LogP) is 1.63. The van der Waals surface area contributed by atoms with E-state index in [2.05, 4.69) is 0 Å². The van der Waals surface area contributed by atoms with Crippen molar-refractivity contribution in [2.45, 2.75) is 44.9 Å². The average Bonchev–Trinajstić information content (AvgIpc) is 3.36. The Morgan fingerprint density at radius 2 is 1.58 bits per heavy atom. The first-order chi connectivity index (χ1) is 12.5. The van der Waals surface area contributed by atoms with Crippen LogP contribution in [-0.4, -0.2) is 77.0 Å². The minimum Gasteiger partial charge on any atom is -0.481 e. The number of fused-ring (bicyclic) bond motifs is 1. The molecule has 3 amide bonds. The van der Waals surface area contributed by atoms with Crippen LogP contribution in [-0.2, 0) is 9.59 Å². The number of carbonyl (C=O) groups is 3. The molecule has 0 spiro atoms. The standard InChI is InChI=1S/C19H29N3O4/c23-16(22-12-15-6-3-7-19(15,13-22)17(24)25)14-5-4-10-21(11-14)18(26)20-8-1-2-9-20/h14-15H,1-13H2,(H,24,25)/t14?,15-,19+/m0/s1. The maximum absolute atomic E-state index is 13.1. The van der Waals surface area contributed by atoms with Gasteiger partial charge in [0.1, 0.15) is 0 Å². The molecule has 3 heterocycles. The van der Waals surface area contributed by atoms with Crippen LogP contribution >= 0.6 is 0 Å². The molecule has 3 aliphatic heterocycles. The molecule has 1 saturated carbocycles. The molecule has 0 radical (unpaired) electrons. The minimum absolute atomic E-state index is 0.0546. The third-order valence-corrected chi connectivity index (χ3v) is 7.03. The maximum atomic E-state index is 13.1. The van der Waals surface area contributed by atoms with Crippen LogP contribution in [0.3, 0.4) is 0 Å². The van der Waals surface area contributed by atoms with E-state index in [9.17, 15) is 19.5 Å². The van der Waals surface area contributed by atoms with Gasteiger partial charge in [0.15, 0.2) is 0 Å². The van der Waals surface area contributed by atoms with Crippen LogP contribution in [0.1, 0.15) is 44.9 Å². The summed E-state index contributed by atoms with van der Waals surface area (Å²) in [7, 11) is 0. The van der Waals surface area contributed by atoms with Gasteiger partial charge in [0.25, 0.3) is 0 Å². The Balaban J connectivity index is 1.40. The zero-order chi connectivity index (χ0) is 18.3. The summed E-state index contributed by atoms with van der Waals surface area (Å²) in [6, 6.07) is 0.0697. The van der Waals surface area contributed by atoms with E-state index >= 15 is 0 Å². The SMILES string of the molecule is O=C(C1CCCN(C(=O)N2CCCC2)C1)N1C[C@@H]2CCC[C@@]2(C(=O)O)C1. The molecule has 1 aliphatic carbocycles. The molecule has 0 bridgehead atoms. The molecule has 0 aromatic rings. The lowest BCUT2D eigenvalue weighted by Crippen LogP contribution is -2.50. The zero-order valence-electron chi connectivity index (χ0n) is 15.4. The summed E-state index contributed by atoms with van der Waals surface area (Å²) < 4.78 is 0. The number of urea groups is 1. The number of carboxylic acid groups (broad SMARTS) is 1. The largest absolute Gasteiger partial charge is 0.481 e. The van der Waals surface area contributed by atoms with Crippen molar-refractivity contribution < 1.29 is 19.5 Å². The first-order valence-electron chi connectivity index (χ1n) is 10.1. The van der Waals surface area contributed by atoms with Gasteiger partial charge in [0.2, 0.25) is 5.91 Å². The summed E-state index contributed by atoms with van der Waals surface area (Å²) in [5.74, 6) is -0.779. The van der Waals surface area contributed by atoms with Gasteiger partial charge in [0, 0.05) is 39.3 Å². The van der Waals surface area contributed by atoms with E-state index in [1.165, 1.54) is 0 Å². The van der Waals surface area contributed by atoms with Crippen molar-refractivity contribution in [3.8, 4) is 0 Å². The van der Waals surface area contributed by atoms with E-state index in [0.717, 1.165) is 58.2 Å². The van der Waals surface area contributed by atoms with Crippen LogP contribution in [0, 0.1) is 17.3 Å². The second-order valence-corrected chi connectivity index (χ2v) is 8.53. The molecular weight excluding hydrogens is 334 g/mol. The zero-order valence-corrected chi connectivity index (χ0v) is 15.4. The van der Waals surface area contributed by atoms with Crippen molar-refractivity contribution in [3.63, 3.8) is 0 Å². The van der Waals surface area contributed by atoms with Crippen LogP contribution in [0.25, 0.3) is 0 Å². The van der Waals surface area contributed by atoms with Gasteiger partial charge in [0.05, 0.1) is 11.3 Å². The van der Waals surface area contributed by atoms with Crippen LogP contribution in [0.4, 0.5) is 4.79 Å². The van der Waals surface area contributed by atoms with Crippen molar-refractivity contribution in [3.05, 3.63) is 0 Å². The molecule has 26 heavy (non-hydrogen) atoms. The molecule has 4 aliphatic rings. The van der Waals surface area contributed by atoms with E-state index in [-0.39, 0.29) is 23.8 Å². The van der Waals surface area contributed by atoms with Crippen molar-refractivity contribution >= 4 is 17.9 Å². The van der Waals surface area contributed by atoms with Crippen molar-refractivity contribution in [2.24, 2.45) is 17.3 Å². The van der Waals surface area contributed by atoms with Crippen molar-refractivity contribution in [1.82, 2.24) is 14.7 Å². The molecule has 7 nitrogen and oxygen atoms in total. The molecule has 4 rings (SSSR count). The van der Waals surface area contributed by atoms with E-state index < -0.39 is 11.4 Å². The molecule has 3 saturated heterocycles. The molecule has 0 aromatic carbocycles. The van der Waals surface area contributed by atoms with Gasteiger partial charge < -0.3 is 19.8 Å². The number of carbonyl (C=O) groups excluding carboxylic acids is 2. The third kappa shape index (κ3) is 2.85. The quantitative estimate of drug-likeness (QED) is 0.808. The number of piperidine rings is 1. The highest BCUT2D eigenvalue weighted by Crippen LogP contribution is 2.49. The summed E-state index contributed by atoms with van der Waals surface area (Å²) in [6.07, 6.45) is 6.30. The summed E-state index contributed by atoms with van der Waals surface area (Å²) in [6.45, 7) is 3.77. The Morgan fingerprint density at radius 1 is 0.846 bits per heavy atom. The van der Waals surface area contributed by atoms with Crippen molar-refractivity contribution in [2.75, 3.05) is 39.3 Å². The first-order valence-corrected chi connectivity index (χ1v) is 10.1.